The van der Waals surface area contributed by atoms with Crippen molar-refractivity contribution in [3.8, 4) is 11.8 Å². The maximum absolute atomic E-state index is 10.7. The van der Waals surface area contributed by atoms with Gasteiger partial charge in [0.05, 0.1) is 0 Å². The van der Waals surface area contributed by atoms with Gasteiger partial charge >= 0.3 is 55.6 Å². The van der Waals surface area contributed by atoms with Crippen molar-refractivity contribution in [3.63, 3.8) is 0 Å². The van der Waals surface area contributed by atoms with Gasteiger partial charge in [0, 0.05) is 20.4 Å². The van der Waals surface area contributed by atoms with E-state index in [-0.39, 0.29) is 20.4 Å². The Balaban J connectivity index is -0.0000000812. The molecule has 6 radical (unpaired) electrons. The van der Waals surface area contributed by atoms with Gasteiger partial charge in [-0.15, -0.1) is 0 Å². The Bertz CT molecular complexity index is 396. The van der Waals surface area contributed by atoms with E-state index in [1.165, 1.54) is 29.6 Å². The summed E-state index contributed by atoms with van der Waals surface area (Å²) < 4.78 is 74.2. The molecule has 1 fully saturated rings. The quantitative estimate of drug-likeness (QED) is 0.0971. The van der Waals surface area contributed by atoms with Gasteiger partial charge in [0.2, 0.25) is 0 Å². The van der Waals surface area contributed by atoms with Crippen molar-refractivity contribution in [2.45, 2.75) is 41.5 Å². The molecule has 1 aliphatic carbocycles. The zero-order chi connectivity index (χ0) is 21.7. The van der Waals surface area contributed by atoms with Gasteiger partial charge in [-0.1, -0.05) is 41.5 Å². The average Bonchev–Trinajstić information content (AvgIpc) is 2.66. The van der Waals surface area contributed by atoms with Crippen LogP contribution in [0.25, 0.3) is 0 Å². The van der Waals surface area contributed by atoms with Crippen LogP contribution in [0.2, 0.25) is 0 Å². The van der Waals surface area contributed by atoms with Crippen LogP contribution in [0.3, 0.4) is 0 Å². The summed E-state index contributed by atoms with van der Waals surface area (Å²) in [6, 6.07) is 0. The summed E-state index contributed by atoms with van der Waals surface area (Å²) in [6.07, 6.45) is 0. The van der Waals surface area contributed by atoms with E-state index in [1.807, 2.05) is 0 Å². The molecular formula is C16H20F6O2PRe-2. The van der Waals surface area contributed by atoms with Crippen LogP contribution in [0.4, 0.5) is 25.2 Å². The van der Waals surface area contributed by atoms with Crippen molar-refractivity contribution in [1.82, 2.24) is 0 Å². The molecule has 10 heteroatoms. The third-order valence-electron chi connectivity index (χ3n) is 2.99. The molecule has 0 N–H and O–H groups in total. The Hall–Kier alpha value is -0.418. The zero-order valence-electron chi connectivity index (χ0n) is 15.1. The van der Waals surface area contributed by atoms with Gasteiger partial charge in [-0.05, 0) is 29.6 Å². The molecule has 0 amide bonds. The van der Waals surface area contributed by atoms with Crippen LogP contribution in [0.15, 0.2) is 0 Å². The Morgan fingerprint density at radius 1 is 0.692 bits per heavy atom. The van der Waals surface area contributed by atoms with Gasteiger partial charge in [0.1, 0.15) is 0 Å². The van der Waals surface area contributed by atoms with Gasteiger partial charge in [-0.25, -0.2) is 0 Å². The summed E-state index contributed by atoms with van der Waals surface area (Å²) in [6.45, 7) is 25.0. The fourth-order valence-electron chi connectivity index (χ4n) is 1.41. The predicted molar refractivity (Wildman–Crippen MR) is 84.8 cm³/mol. The largest absolute Gasteiger partial charge is 0.331 e. The normalized spacial score (nSPS) is 17.8. The fourth-order valence-corrected chi connectivity index (χ4v) is 1.41. The van der Waals surface area contributed by atoms with Crippen LogP contribution in [0.1, 0.15) is 41.5 Å². The van der Waals surface area contributed by atoms with E-state index in [1.54, 1.807) is 6.92 Å². The minimum Gasteiger partial charge on any atom is -0.331 e. The molecule has 152 valence electrons. The molecule has 1 aliphatic rings. The number of hydrogen-bond donors (Lipinski definition) is 0. The summed E-state index contributed by atoms with van der Waals surface area (Å²) in [5, 5.41) is 0. The van der Waals surface area contributed by atoms with E-state index in [4.69, 9.17) is 9.30 Å². The maximum Gasteiger partial charge on any atom is 0 e. The molecule has 1 saturated carbocycles. The minimum absolute atomic E-state index is 0. The van der Waals surface area contributed by atoms with Crippen LogP contribution in [-0.4, -0.2) is 0 Å². The standard InChI is InChI=1S/C10H15.C4H5.2CO.F6P.Re/c1-6-7(2)9(4)10(5)8(6)3;1-3-4-2;2*1-2;1-7(2,3,4,5)6;/h1-5H3;1H2,2H3;;;;/q;-1;;;-1;. The second kappa shape index (κ2) is 13.7. The van der Waals surface area contributed by atoms with E-state index in [2.05, 4.69) is 66.7 Å². The smallest absolute Gasteiger partial charge is 0 e. The minimum atomic E-state index is -10.7. The molecule has 0 aliphatic heterocycles. The van der Waals surface area contributed by atoms with Crippen LogP contribution in [0.5, 0.6) is 0 Å². The Morgan fingerprint density at radius 2 is 0.769 bits per heavy atom. The van der Waals surface area contributed by atoms with Crippen LogP contribution in [0, 0.1) is 61.7 Å². The molecule has 0 aromatic rings. The maximum atomic E-state index is 9.87. The summed E-state index contributed by atoms with van der Waals surface area (Å²) in [5.74, 6) is 12.3. The molecule has 0 aromatic heterocycles. The summed E-state index contributed by atoms with van der Waals surface area (Å²) >= 11 is 0. The van der Waals surface area contributed by atoms with Crippen molar-refractivity contribution in [2.24, 2.45) is 0 Å². The van der Waals surface area contributed by atoms with Gasteiger partial charge in [0.15, 0.2) is 0 Å². The Kier molecular flexibility index (Phi) is 19.2. The summed E-state index contributed by atoms with van der Waals surface area (Å²) in [5.41, 5.74) is 0. The van der Waals surface area contributed by atoms with Crippen LogP contribution < -0.4 is 0 Å². The van der Waals surface area contributed by atoms with E-state index in [0.29, 0.717) is 0 Å². The number of hydrogen-bond acceptors (Lipinski definition) is 0. The SMILES string of the molecule is C[C]1[C](C)[C](C)[C](C)[C]1C.F[P-](F)(F)(F)(F)F.[C-]#[O+].[C-]#[O+].[CH2-]C#CC.[Re]. The second-order valence-corrected chi connectivity index (χ2v) is 6.43. The van der Waals surface area contributed by atoms with Crippen molar-refractivity contribution in [3.05, 3.63) is 49.8 Å². The first-order valence-corrected chi connectivity index (χ1v) is 8.30. The van der Waals surface area contributed by atoms with Crippen LogP contribution in [-0.2, 0) is 29.7 Å². The first-order chi connectivity index (χ1) is 10.9. The Morgan fingerprint density at radius 3 is 0.808 bits per heavy atom. The third-order valence-corrected chi connectivity index (χ3v) is 2.99. The van der Waals surface area contributed by atoms with Crippen molar-refractivity contribution in [1.29, 1.82) is 0 Å². The van der Waals surface area contributed by atoms with Gasteiger partial charge in [-0.2, -0.15) is 6.92 Å². The molecule has 0 bridgehead atoms. The van der Waals surface area contributed by atoms with Gasteiger partial charge in [0.25, 0.3) is 0 Å². The molecule has 0 heterocycles. The monoisotopic (exact) mass is 576 g/mol. The van der Waals surface area contributed by atoms with E-state index >= 15 is 0 Å². The van der Waals surface area contributed by atoms with Crippen LogP contribution >= 0.6 is 7.81 Å². The number of halogens is 6. The molecule has 2 nitrogen and oxygen atoms in total. The molecule has 0 aromatic carbocycles. The average molecular weight is 576 g/mol. The van der Waals surface area contributed by atoms with Crippen molar-refractivity contribution < 1.29 is 54.9 Å². The van der Waals surface area contributed by atoms with E-state index in [0.717, 1.165) is 0 Å². The summed E-state index contributed by atoms with van der Waals surface area (Å²) in [7, 11) is -10.7. The predicted octanol–water partition coefficient (Wildman–Crippen LogP) is 7.12. The fraction of sp³-hybridized carbons (Fsp3) is 0.375. The first-order valence-electron chi connectivity index (χ1n) is 6.28. The molecule has 0 atom stereocenters. The topological polar surface area (TPSA) is 39.8 Å². The Labute approximate surface area is 166 Å². The van der Waals surface area contributed by atoms with E-state index in [9.17, 15) is 25.2 Å². The molecule has 0 spiro atoms. The van der Waals surface area contributed by atoms with Crippen molar-refractivity contribution >= 4 is 7.81 Å². The molecule has 26 heavy (non-hydrogen) atoms. The second-order valence-electron chi connectivity index (χ2n) is 4.51. The molecule has 0 unspecified atom stereocenters. The van der Waals surface area contributed by atoms with Gasteiger partial charge in [-0.3, -0.25) is 5.92 Å². The summed E-state index contributed by atoms with van der Waals surface area (Å²) in [4.78, 5) is 0. The van der Waals surface area contributed by atoms with E-state index < -0.39 is 7.81 Å². The zero-order valence-corrected chi connectivity index (χ0v) is 18.7. The molecular weight excluding hydrogens is 555 g/mol. The number of rotatable bonds is 0. The first kappa shape index (κ1) is 36.5. The van der Waals surface area contributed by atoms with Crippen molar-refractivity contribution in [2.75, 3.05) is 0 Å². The van der Waals surface area contributed by atoms with Gasteiger partial charge < -0.3 is 5.92 Å². The molecule has 1 rings (SSSR count). The third kappa shape index (κ3) is 28.4. The molecule has 0 saturated heterocycles.